The summed E-state index contributed by atoms with van der Waals surface area (Å²) in [7, 11) is 0. The topological polar surface area (TPSA) is 21.3 Å². The summed E-state index contributed by atoms with van der Waals surface area (Å²) >= 11 is 0.405. The van der Waals surface area contributed by atoms with Gasteiger partial charge in [0.1, 0.15) is 11.8 Å². The number of rotatable bonds is 6. The van der Waals surface area contributed by atoms with Gasteiger partial charge in [-0.3, -0.25) is 0 Å². The van der Waals surface area contributed by atoms with Gasteiger partial charge in [0.25, 0.3) is 0 Å². The second-order valence-corrected chi connectivity index (χ2v) is 4.56. The van der Waals surface area contributed by atoms with Crippen LogP contribution in [-0.4, -0.2) is 13.5 Å². The van der Waals surface area contributed by atoms with Crippen molar-refractivity contribution in [1.82, 2.24) is 5.32 Å². The summed E-state index contributed by atoms with van der Waals surface area (Å²) in [6.07, 6.45) is -3.99. The van der Waals surface area contributed by atoms with Crippen LogP contribution in [0.1, 0.15) is 39.3 Å². The highest BCUT2D eigenvalue weighted by molar-refractivity contribution is 7.10. The number of hydrogen-bond acceptors (Lipinski definition) is 3. The maximum Gasteiger partial charge on any atom is 0.134 e. The normalized spacial score (nSPS) is 26.1. The Labute approximate surface area is 151 Å². The lowest BCUT2D eigenvalue weighted by molar-refractivity contribution is 0.201. The first-order valence-corrected chi connectivity index (χ1v) is 6.59. The molecule has 21 heavy (non-hydrogen) atoms. The Morgan fingerprint density at radius 1 is 1.29 bits per heavy atom. The molecule has 1 atom stereocenters. The molecule has 1 unspecified atom stereocenters. The van der Waals surface area contributed by atoms with Crippen LogP contribution < -0.4 is 10.1 Å². The van der Waals surface area contributed by atoms with Crippen molar-refractivity contribution in [1.29, 1.82) is 0 Å². The SMILES string of the molecule is [2H]c1sc(C([2H])(CC([2H])([2H])NC([2H])([2H])[2H])Oc2c([2H])c([2H])c([2H])c3c([2H])c([2H])c([2H])c([2H])c23)c([2H])c1[2H]. The van der Waals surface area contributed by atoms with Crippen molar-refractivity contribution in [3.63, 3.8) is 0 Å². The average molecular weight is 314 g/mol. The van der Waals surface area contributed by atoms with Gasteiger partial charge < -0.3 is 10.1 Å². The van der Waals surface area contributed by atoms with Gasteiger partial charge in [-0.1, -0.05) is 42.3 Å². The fraction of sp³-hybridized carbons (Fsp3) is 0.222. The summed E-state index contributed by atoms with van der Waals surface area (Å²) < 4.78 is 134. The summed E-state index contributed by atoms with van der Waals surface area (Å²) in [5.74, 6) is -0.798. The smallest absolute Gasteiger partial charge is 0.134 e. The molecule has 2 nitrogen and oxygen atoms in total. The molecule has 0 radical (unpaired) electrons. The second kappa shape index (κ2) is 6.74. The van der Waals surface area contributed by atoms with E-state index in [1.165, 1.54) is 0 Å². The van der Waals surface area contributed by atoms with Crippen LogP contribution in [0.4, 0.5) is 0 Å². The Hall–Kier alpha value is -1.84. The summed E-state index contributed by atoms with van der Waals surface area (Å²) in [6, 6.07) is -6.70. The van der Waals surface area contributed by atoms with Gasteiger partial charge in [-0.15, -0.1) is 11.3 Å². The van der Waals surface area contributed by atoms with Crippen LogP contribution in [-0.2, 0) is 0 Å². The van der Waals surface area contributed by atoms with Crippen molar-refractivity contribution in [3.05, 3.63) is 64.6 Å². The van der Waals surface area contributed by atoms with Crippen LogP contribution in [0.25, 0.3) is 10.8 Å². The van der Waals surface area contributed by atoms with Gasteiger partial charge in [-0.2, -0.15) is 0 Å². The minimum atomic E-state index is -3.02. The quantitative estimate of drug-likeness (QED) is 0.716. The molecule has 0 aliphatic carbocycles. The third-order valence-electron chi connectivity index (χ3n) is 2.47. The van der Waals surface area contributed by atoms with Gasteiger partial charge in [0.05, 0.1) is 15.1 Å². The van der Waals surface area contributed by atoms with E-state index >= 15 is 0 Å². The fourth-order valence-corrected chi connectivity index (χ4v) is 2.12. The molecule has 1 N–H and O–H groups in total. The predicted octanol–water partition coefficient (Wildman–Crippen LogP) is 4.63. The summed E-state index contributed by atoms with van der Waals surface area (Å²) in [4.78, 5) is -0.506. The van der Waals surface area contributed by atoms with Gasteiger partial charge in [-0.05, 0) is 36.3 Å². The molecule has 0 amide bonds. The molecule has 0 bridgehead atoms. The van der Waals surface area contributed by atoms with Crippen molar-refractivity contribution < 1.29 is 26.7 Å². The van der Waals surface area contributed by atoms with E-state index in [-0.39, 0.29) is 0 Å². The number of benzene rings is 2. The first kappa shape index (κ1) is 4.58. The van der Waals surface area contributed by atoms with E-state index in [9.17, 15) is 0 Å². The zero-order valence-corrected chi connectivity index (χ0v) is 11.3. The van der Waals surface area contributed by atoms with E-state index in [2.05, 4.69) is 0 Å². The Morgan fingerprint density at radius 2 is 2.19 bits per heavy atom. The third kappa shape index (κ3) is 3.26. The van der Waals surface area contributed by atoms with Crippen molar-refractivity contribution in [3.8, 4) is 5.75 Å². The molecule has 3 aromatic rings. The van der Waals surface area contributed by atoms with Gasteiger partial charge in [0, 0.05) is 23.5 Å². The van der Waals surface area contributed by atoms with Crippen molar-refractivity contribution >= 4 is 22.1 Å². The van der Waals surface area contributed by atoms with Gasteiger partial charge >= 0.3 is 0 Å². The third-order valence-corrected chi connectivity index (χ3v) is 3.21. The molecule has 1 heterocycles. The van der Waals surface area contributed by atoms with Crippen LogP contribution in [0, 0.1) is 0 Å². The molecule has 108 valence electrons. The van der Waals surface area contributed by atoms with Crippen LogP contribution in [0.3, 0.4) is 0 Å². The molecule has 0 spiro atoms. The molecular weight excluding hydrogens is 278 g/mol. The first-order chi connectivity index (χ1) is 16.7. The standard InChI is InChI=1S/C18H19NOS/c1-19-12-11-17(18-10-5-13-21-18)20-16-9-4-7-14-6-2-3-8-15(14)16/h2-10,13,17,19H,11-12H2,1H3/i1D3,2D,3D,4D,5D,6D,7D,8D,9D,10D,12D2,13D,17D. The van der Waals surface area contributed by atoms with Gasteiger partial charge in [0.15, 0.2) is 0 Å². The number of fused-ring (bicyclic) bond motifs is 1. The fourth-order valence-electron chi connectivity index (χ4n) is 1.59. The van der Waals surface area contributed by atoms with E-state index in [0.29, 0.717) is 11.3 Å². The largest absolute Gasteiger partial charge is 0.484 e. The van der Waals surface area contributed by atoms with E-state index < -0.39 is 107 Å². The highest BCUT2D eigenvalue weighted by atomic mass is 32.1. The van der Waals surface area contributed by atoms with Crippen LogP contribution >= 0.6 is 11.3 Å². The Bertz CT molecular complexity index is 1390. The van der Waals surface area contributed by atoms with Crippen molar-refractivity contribution in [2.24, 2.45) is 0 Å². The lowest BCUT2D eigenvalue weighted by Crippen LogP contribution is -2.15. The number of hydrogen-bond donors (Lipinski definition) is 1. The molecule has 0 saturated carbocycles. The molecule has 0 saturated heterocycles. The van der Waals surface area contributed by atoms with Crippen LogP contribution in [0.5, 0.6) is 5.75 Å². The molecular formula is C18H19NOS. The molecule has 1 aromatic heterocycles. The maximum atomic E-state index is 8.98. The predicted molar refractivity (Wildman–Crippen MR) is 90.2 cm³/mol. The lowest BCUT2D eigenvalue weighted by atomic mass is 10.1. The van der Waals surface area contributed by atoms with Crippen LogP contribution in [0.15, 0.2) is 59.7 Å². The molecule has 0 fully saturated rings. The van der Waals surface area contributed by atoms with Gasteiger partial charge in [0.2, 0.25) is 0 Å². The number of thiophene rings is 1. The van der Waals surface area contributed by atoms with E-state index in [1.54, 1.807) is 5.32 Å². The monoisotopic (exact) mass is 313 g/mol. The molecule has 2 aromatic carbocycles. The van der Waals surface area contributed by atoms with Gasteiger partial charge in [-0.25, -0.2) is 0 Å². The van der Waals surface area contributed by atoms with E-state index in [4.69, 9.17) is 26.7 Å². The zero-order chi connectivity index (χ0) is 28.4. The van der Waals surface area contributed by atoms with Crippen molar-refractivity contribution in [2.75, 3.05) is 13.5 Å². The van der Waals surface area contributed by atoms with Crippen molar-refractivity contribution in [2.45, 2.75) is 12.5 Å². The van der Waals surface area contributed by atoms with E-state index in [0.717, 1.165) is 0 Å². The summed E-state index contributed by atoms with van der Waals surface area (Å²) in [5.41, 5.74) is 0. The Morgan fingerprint density at radius 3 is 3.05 bits per heavy atom. The summed E-state index contributed by atoms with van der Waals surface area (Å²) in [5, 5.41) is 0.187. The molecule has 3 heteroatoms. The van der Waals surface area contributed by atoms with E-state index in [1.807, 2.05) is 0 Å². The molecule has 0 aliphatic rings. The minimum absolute atomic E-state index is 0.405. The number of ether oxygens (including phenoxy) is 1. The molecule has 0 aliphatic heterocycles. The summed E-state index contributed by atoms with van der Waals surface area (Å²) in [6.45, 7) is -5.90. The Balaban J connectivity index is 2.38. The average Bonchev–Trinajstić information content (AvgIpc) is 3.02. The molecule has 3 rings (SSSR count). The zero-order valence-electron chi connectivity index (χ0n) is 26.5. The second-order valence-electron chi connectivity index (χ2n) is 3.74. The van der Waals surface area contributed by atoms with Crippen LogP contribution in [0.2, 0.25) is 0 Å². The first-order valence-electron chi connectivity index (χ1n) is 13.8. The minimum Gasteiger partial charge on any atom is -0.484 e. The Kier molecular flexibility index (Phi) is 1.47. The lowest BCUT2D eigenvalue weighted by Gasteiger charge is -2.19. The maximum absolute atomic E-state index is 8.98. The number of nitrogens with one attached hydrogen (secondary N) is 1. The highest BCUT2D eigenvalue weighted by Gasteiger charge is 2.15. The highest BCUT2D eigenvalue weighted by Crippen LogP contribution is 2.32.